The van der Waals surface area contributed by atoms with Gasteiger partial charge in [-0.15, -0.1) is 0 Å². The second-order valence-electron chi connectivity index (χ2n) is 6.52. The molecule has 0 N–H and O–H groups in total. The fourth-order valence-electron chi connectivity index (χ4n) is 3.26. The normalized spacial score (nSPS) is 17.0. The highest BCUT2D eigenvalue weighted by Gasteiger charge is 2.19. The maximum atomic E-state index is 13.2. The number of benzene rings is 2. The minimum absolute atomic E-state index is 0.0188. The summed E-state index contributed by atoms with van der Waals surface area (Å²) in [5.41, 5.74) is 2.84. The molecule has 1 atom stereocenters. The van der Waals surface area contributed by atoms with Crippen molar-refractivity contribution < 1.29 is 4.74 Å². The lowest BCUT2D eigenvalue weighted by Crippen LogP contribution is -2.22. The summed E-state index contributed by atoms with van der Waals surface area (Å²) in [6.07, 6.45) is 3.42. The van der Waals surface area contributed by atoms with Crippen LogP contribution in [0.15, 0.2) is 58.5 Å². The van der Waals surface area contributed by atoms with Gasteiger partial charge < -0.3 is 4.74 Å². The number of hydrogen-bond acceptors (Lipinski definition) is 4. The highest BCUT2D eigenvalue weighted by atomic mass is 32.2. The minimum atomic E-state index is -0.0188. The molecular weight excluding hydrogens is 344 g/mol. The summed E-state index contributed by atoms with van der Waals surface area (Å²) in [7, 11) is 0. The number of nitrogens with zero attached hydrogens (tertiary/aromatic N) is 2. The Hall–Kier alpha value is -2.11. The predicted molar refractivity (Wildman–Crippen MR) is 106 cm³/mol. The van der Waals surface area contributed by atoms with E-state index in [9.17, 15) is 4.79 Å². The summed E-state index contributed by atoms with van der Waals surface area (Å²) >= 11 is 1.60. The number of hydrogen-bond donors (Lipinski definition) is 0. The Morgan fingerprint density at radius 1 is 1.19 bits per heavy atom. The van der Waals surface area contributed by atoms with Crippen LogP contribution >= 0.6 is 11.8 Å². The van der Waals surface area contributed by atoms with Gasteiger partial charge in [0.05, 0.1) is 22.7 Å². The van der Waals surface area contributed by atoms with Gasteiger partial charge in [-0.05, 0) is 49.1 Å². The summed E-state index contributed by atoms with van der Waals surface area (Å²) < 4.78 is 7.47. The van der Waals surface area contributed by atoms with E-state index in [0.717, 1.165) is 48.0 Å². The SMILES string of the molecule is CCc1ccc(-n2c(SCC3CCCO3)nc3ccccc3c2=O)cc1. The van der Waals surface area contributed by atoms with Crippen LogP contribution in [0.3, 0.4) is 0 Å². The Bertz CT molecular complexity index is 960. The number of thioether (sulfide) groups is 1. The van der Waals surface area contributed by atoms with E-state index in [2.05, 4.69) is 19.1 Å². The molecule has 5 heteroatoms. The Morgan fingerprint density at radius 3 is 2.73 bits per heavy atom. The Kier molecular flexibility index (Phi) is 5.09. The number of aromatic nitrogens is 2. The first-order chi connectivity index (χ1) is 12.8. The molecule has 26 heavy (non-hydrogen) atoms. The molecule has 1 aliphatic rings. The Labute approximate surface area is 157 Å². The molecular formula is C21H22N2O2S. The smallest absolute Gasteiger partial charge is 0.266 e. The van der Waals surface area contributed by atoms with E-state index < -0.39 is 0 Å². The predicted octanol–water partition coefficient (Wildman–Crippen LogP) is 4.22. The van der Waals surface area contributed by atoms with Crippen molar-refractivity contribution in [3.63, 3.8) is 0 Å². The van der Waals surface area contributed by atoms with Crippen molar-refractivity contribution in [1.29, 1.82) is 0 Å². The lowest BCUT2D eigenvalue weighted by atomic mass is 10.1. The zero-order valence-electron chi connectivity index (χ0n) is 14.9. The van der Waals surface area contributed by atoms with Gasteiger partial charge in [0.2, 0.25) is 0 Å². The Morgan fingerprint density at radius 2 is 2.00 bits per heavy atom. The first-order valence-electron chi connectivity index (χ1n) is 9.12. The third-order valence-corrected chi connectivity index (χ3v) is 5.84. The van der Waals surface area contributed by atoms with Gasteiger partial charge in [0.15, 0.2) is 5.16 Å². The van der Waals surface area contributed by atoms with Gasteiger partial charge >= 0.3 is 0 Å². The molecule has 0 bridgehead atoms. The molecule has 3 aromatic rings. The second kappa shape index (κ2) is 7.64. The van der Waals surface area contributed by atoms with E-state index in [1.165, 1.54) is 5.56 Å². The second-order valence-corrected chi connectivity index (χ2v) is 7.51. The Balaban J connectivity index is 1.79. The van der Waals surface area contributed by atoms with Crippen LogP contribution in [-0.4, -0.2) is 28.0 Å². The van der Waals surface area contributed by atoms with E-state index in [0.29, 0.717) is 5.39 Å². The third-order valence-electron chi connectivity index (χ3n) is 4.77. The lowest BCUT2D eigenvalue weighted by molar-refractivity contribution is 0.129. The van der Waals surface area contributed by atoms with E-state index in [-0.39, 0.29) is 11.7 Å². The van der Waals surface area contributed by atoms with Crippen molar-refractivity contribution in [2.45, 2.75) is 37.4 Å². The first-order valence-corrected chi connectivity index (χ1v) is 10.1. The van der Waals surface area contributed by atoms with Crippen LogP contribution in [-0.2, 0) is 11.2 Å². The minimum Gasteiger partial charge on any atom is -0.377 e. The van der Waals surface area contributed by atoms with Crippen LogP contribution in [0.4, 0.5) is 0 Å². The molecule has 4 rings (SSSR count). The zero-order valence-corrected chi connectivity index (χ0v) is 15.7. The molecule has 0 saturated carbocycles. The maximum absolute atomic E-state index is 13.2. The van der Waals surface area contributed by atoms with Gasteiger partial charge in [0.25, 0.3) is 5.56 Å². The summed E-state index contributed by atoms with van der Waals surface area (Å²) in [5, 5.41) is 1.38. The number of fused-ring (bicyclic) bond motifs is 1. The average molecular weight is 366 g/mol. The van der Waals surface area contributed by atoms with Crippen LogP contribution < -0.4 is 5.56 Å². The van der Waals surface area contributed by atoms with Gasteiger partial charge in [-0.3, -0.25) is 9.36 Å². The van der Waals surface area contributed by atoms with E-state index in [1.54, 1.807) is 16.3 Å². The maximum Gasteiger partial charge on any atom is 0.266 e. The number of para-hydroxylation sites is 1. The van der Waals surface area contributed by atoms with Crippen molar-refractivity contribution >= 4 is 22.7 Å². The van der Waals surface area contributed by atoms with Crippen molar-refractivity contribution in [1.82, 2.24) is 9.55 Å². The molecule has 0 radical (unpaired) electrons. The highest BCUT2D eigenvalue weighted by Crippen LogP contribution is 2.25. The monoisotopic (exact) mass is 366 g/mol. The molecule has 4 nitrogen and oxygen atoms in total. The summed E-state index contributed by atoms with van der Waals surface area (Å²) in [4.78, 5) is 18.0. The van der Waals surface area contributed by atoms with Crippen LogP contribution in [0.1, 0.15) is 25.3 Å². The number of ether oxygens (including phenoxy) is 1. The standard InChI is InChI=1S/C21H22N2O2S/c1-2-15-9-11-16(12-10-15)23-20(24)18-7-3-4-8-19(18)22-21(23)26-14-17-6-5-13-25-17/h3-4,7-12,17H,2,5-6,13-14H2,1H3. The van der Waals surface area contributed by atoms with Crippen LogP contribution in [0.25, 0.3) is 16.6 Å². The molecule has 1 fully saturated rings. The molecule has 0 spiro atoms. The number of rotatable bonds is 5. The van der Waals surface area contributed by atoms with Crippen molar-refractivity contribution in [3.8, 4) is 5.69 Å². The fraction of sp³-hybridized carbons (Fsp3) is 0.333. The van der Waals surface area contributed by atoms with Gasteiger partial charge in [0.1, 0.15) is 0 Å². The largest absolute Gasteiger partial charge is 0.377 e. The zero-order chi connectivity index (χ0) is 17.9. The average Bonchev–Trinajstić information content (AvgIpc) is 3.20. The molecule has 2 heterocycles. The van der Waals surface area contributed by atoms with Crippen LogP contribution in [0, 0.1) is 0 Å². The molecule has 134 valence electrons. The van der Waals surface area contributed by atoms with Crippen molar-refractivity contribution in [3.05, 3.63) is 64.4 Å². The van der Waals surface area contributed by atoms with Gasteiger partial charge in [0, 0.05) is 12.4 Å². The third kappa shape index (κ3) is 3.41. The first kappa shape index (κ1) is 17.3. The van der Waals surface area contributed by atoms with Crippen LogP contribution in [0.5, 0.6) is 0 Å². The molecule has 1 aromatic heterocycles. The van der Waals surface area contributed by atoms with Crippen molar-refractivity contribution in [2.75, 3.05) is 12.4 Å². The highest BCUT2D eigenvalue weighted by molar-refractivity contribution is 7.99. The summed E-state index contributed by atoms with van der Waals surface area (Å²) in [6.45, 7) is 2.96. The molecule has 1 saturated heterocycles. The van der Waals surface area contributed by atoms with Crippen molar-refractivity contribution in [2.24, 2.45) is 0 Å². The molecule has 0 amide bonds. The van der Waals surface area contributed by atoms with E-state index in [4.69, 9.17) is 9.72 Å². The molecule has 2 aromatic carbocycles. The van der Waals surface area contributed by atoms with Gasteiger partial charge in [-0.2, -0.15) is 0 Å². The molecule has 1 unspecified atom stereocenters. The topological polar surface area (TPSA) is 44.1 Å². The van der Waals surface area contributed by atoms with E-state index >= 15 is 0 Å². The van der Waals surface area contributed by atoms with Gasteiger partial charge in [-0.25, -0.2) is 4.98 Å². The lowest BCUT2D eigenvalue weighted by Gasteiger charge is -2.15. The summed E-state index contributed by atoms with van der Waals surface area (Å²) in [5.74, 6) is 0.817. The molecule has 0 aliphatic carbocycles. The summed E-state index contributed by atoms with van der Waals surface area (Å²) in [6, 6.07) is 15.7. The molecule has 1 aliphatic heterocycles. The fourth-order valence-corrected chi connectivity index (χ4v) is 4.34. The van der Waals surface area contributed by atoms with Crippen LogP contribution in [0.2, 0.25) is 0 Å². The van der Waals surface area contributed by atoms with Gasteiger partial charge in [-0.1, -0.05) is 43.0 Å². The number of aryl methyl sites for hydroxylation is 1. The van der Waals surface area contributed by atoms with E-state index in [1.807, 2.05) is 36.4 Å². The quantitative estimate of drug-likeness (QED) is 0.501.